The third-order valence-electron chi connectivity index (χ3n) is 2.29. The van der Waals surface area contributed by atoms with E-state index >= 15 is 0 Å². The number of amides is 1. The number of alkyl carbamates (subject to hydrolysis) is 1. The van der Waals surface area contributed by atoms with E-state index in [1.807, 2.05) is 0 Å². The predicted octanol–water partition coefficient (Wildman–Crippen LogP) is 4.63. The quantitative estimate of drug-likeness (QED) is 0.769. The van der Waals surface area contributed by atoms with Gasteiger partial charge in [0.15, 0.2) is 0 Å². The van der Waals surface area contributed by atoms with Crippen LogP contribution in [0.15, 0.2) is 16.6 Å². The molecule has 118 valence electrons. The molecule has 0 saturated heterocycles. The highest BCUT2D eigenvalue weighted by atomic mass is 79.9. The molecule has 0 aromatic heterocycles. The van der Waals surface area contributed by atoms with Crippen LogP contribution in [-0.4, -0.2) is 11.7 Å². The molecular formula is C13H14BrF4NO2. The van der Waals surface area contributed by atoms with Gasteiger partial charge in [-0.3, -0.25) is 0 Å². The normalized spacial score (nSPS) is 12.2. The minimum atomic E-state index is -4.86. The number of nitrogens with one attached hydrogen (secondary N) is 1. The zero-order valence-electron chi connectivity index (χ0n) is 11.6. The lowest BCUT2D eigenvalue weighted by Crippen LogP contribution is -2.32. The number of carbonyl (C=O) groups excluding carboxylic acids is 1. The zero-order valence-corrected chi connectivity index (χ0v) is 13.2. The molecule has 0 bridgehead atoms. The number of carbonyl (C=O) groups is 1. The number of alkyl halides is 3. The van der Waals surface area contributed by atoms with Crippen LogP contribution in [0.1, 0.15) is 31.9 Å². The lowest BCUT2D eigenvalue weighted by Gasteiger charge is -2.20. The van der Waals surface area contributed by atoms with Crippen LogP contribution in [0.4, 0.5) is 22.4 Å². The number of rotatable bonds is 2. The summed E-state index contributed by atoms with van der Waals surface area (Å²) in [5, 5.41) is 2.17. The number of ether oxygens (including phenoxy) is 1. The molecule has 0 heterocycles. The van der Waals surface area contributed by atoms with Gasteiger partial charge in [0.2, 0.25) is 0 Å². The molecule has 0 saturated carbocycles. The van der Waals surface area contributed by atoms with Crippen molar-refractivity contribution in [1.29, 1.82) is 0 Å². The zero-order chi connectivity index (χ0) is 16.4. The first-order valence-corrected chi connectivity index (χ1v) is 6.72. The molecule has 8 heteroatoms. The van der Waals surface area contributed by atoms with Crippen molar-refractivity contribution in [3.05, 3.63) is 33.5 Å². The van der Waals surface area contributed by atoms with Crippen LogP contribution in [0.2, 0.25) is 0 Å². The SMILES string of the molecule is CC(C)(C)OC(=O)NCc1ccc(Br)c(F)c1C(F)(F)F. The molecule has 1 aromatic rings. The minimum Gasteiger partial charge on any atom is -0.444 e. The summed E-state index contributed by atoms with van der Waals surface area (Å²) in [6.45, 7) is 4.36. The van der Waals surface area contributed by atoms with Crippen molar-refractivity contribution in [1.82, 2.24) is 5.32 Å². The summed E-state index contributed by atoms with van der Waals surface area (Å²) in [4.78, 5) is 11.4. The van der Waals surface area contributed by atoms with Crippen molar-refractivity contribution >= 4 is 22.0 Å². The summed E-state index contributed by atoms with van der Waals surface area (Å²) in [6, 6.07) is 2.24. The summed E-state index contributed by atoms with van der Waals surface area (Å²) >= 11 is 2.71. The molecule has 0 aliphatic carbocycles. The molecule has 0 radical (unpaired) electrons. The maximum Gasteiger partial charge on any atom is 0.419 e. The van der Waals surface area contributed by atoms with Crippen molar-refractivity contribution in [2.75, 3.05) is 0 Å². The first kappa shape index (κ1) is 17.7. The Balaban J connectivity index is 2.95. The highest BCUT2D eigenvalue weighted by molar-refractivity contribution is 9.10. The van der Waals surface area contributed by atoms with Gasteiger partial charge in [-0.15, -0.1) is 0 Å². The molecule has 0 fully saturated rings. The molecule has 0 aliphatic rings. The van der Waals surface area contributed by atoms with Crippen LogP contribution < -0.4 is 5.32 Å². The van der Waals surface area contributed by atoms with Crippen molar-refractivity contribution in [2.45, 2.75) is 39.1 Å². The summed E-state index contributed by atoms with van der Waals surface area (Å²) in [7, 11) is 0. The Morgan fingerprint density at radius 2 is 1.86 bits per heavy atom. The summed E-state index contributed by atoms with van der Waals surface area (Å²) in [6.07, 6.45) is -5.74. The van der Waals surface area contributed by atoms with Gasteiger partial charge >= 0.3 is 12.3 Å². The fraction of sp³-hybridized carbons (Fsp3) is 0.462. The van der Waals surface area contributed by atoms with Gasteiger partial charge in [0.25, 0.3) is 0 Å². The average molecular weight is 372 g/mol. The van der Waals surface area contributed by atoms with Gasteiger partial charge in [-0.05, 0) is 48.3 Å². The third kappa shape index (κ3) is 5.18. The van der Waals surface area contributed by atoms with Crippen molar-refractivity contribution in [3.8, 4) is 0 Å². The second kappa shape index (κ2) is 6.21. The first-order chi connectivity index (χ1) is 9.42. The second-order valence-corrected chi connectivity index (χ2v) is 6.10. The molecule has 1 aromatic carbocycles. The fourth-order valence-corrected chi connectivity index (χ4v) is 1.86. The second-order valence-electron chi connectivity index (χ2n) is 5.25. The van der Waals surface area contributed by atoms with Gasteiger partial charge in [-0.2, -0.15) is 13.2 Å². The minimum absolute atomic E-state index is 0.296. The molecule has 1 amide bonds. The van der Waals surface area contributed by atoms with Crippen LogP contribution in [0.5, 0.6) is 0 Å². The highest BCUT2D eigenvalue weighted by Crippen LogP contribution is 2.36. The van der Waals surface area contributed by atoms with Crippen LogP contribution >= 0.6 is 15.9 Å². The average Bonchev–Trinajstić information content (AvgIpc) is 2.26. The maximum atomic E-state index is 13.6. The van der Waals surface area contributed by atoms with Crippen LogP contribution in [0.3, 0.4) is 0 Å². The highest BCUT2D eigenvalue weighted by Gasteiger charge is 2.37. The molecule has 1 rings (SSSR count). The Kier molecular flexibility index (Phi) is 5.25. The topological polar surface area (TPSA) is 38.3 Å². The van der Waals surface area contributed by atoms with Crippen LogP contribution in [0, 0.1) is 5.82 Å². The molecule has 0 spiro atoms. The molecule has 21 heavy (non-hydrogen) atoms. The van der Waals surface area contributed by atoms with E-state index in [2.05, 4.69) is 21.2 Å². The Morgan fingerprint density at radius 3 is 2.33 bits per heavy atom. The molecular weight excluding hydrogens is 358 g/mol. The van der Waals surface area contributed by atoms with Crippen molar-refractivity contribution in [2.24, 2.45) is 0 Å². The van der Waals surface area contributed by atoms with E-state index in [4.69, 9.17) is 4.74 Å². The van der Waals surface area contributed by atoms with E-state index in [0.29, 0.717) is 0 Å². The van der Waals surface area contributed by atoms with Gasteiger partial charge in [0, 0.05) is 6.54 Å². The summed E-state index contributed by atoms with van der Waals surface area (Å²) in [5.41, 5.74) is -2.57. The molecule has 3 nitrogen and oxygen atoms in total. The number of hydrogen-bond donors (Lipinski definition) is 1. The third-order valence-corrected chi connectivity index (χ3v) is 2.90. The van der Waals surface area contributed by atoms with Gasteiger partial charge in [-0.25, -0.2) is 9.18 Å². The van der Waals surface area contributed by atoms with Crippen LogP contribution in [0.25, 0.3) is 0 Å². The van der Waals surface area contributed by atoms with Gasteiger partial charge in [-0.1, -0.05) is 6.07 Å². The van der Waals surface area contributed by atoms with E-state index in [1.165, 1.54) is 0 Å². The summed E-state index contributed by atoms with van der Waals surface area (Å²) < 4.78 is 56.9. The van der Waals surface area contributed by atoms with Gasteiger partial charge in [0.05, 0.1) is 10.0 Å². The Hall–Kier alpha value is -1.31. The Bertz CT molecular complexity index is 538. The van der Waals surface area contributed by atoms with Crippen molar-refractivity contribution in [3.63, 3.8) is 0 Å². The van der Waals surface area contributed by atoms with Crippen LogP contribution in [-0.2, 0) is 17.5 Å². The predicted molar refractivity (Wildman–Crippen MR) is 72.2 cm³/mol. The summed E-state index contributed by atoms with van der Waals surface area (Å²) in [5.74, 6) is -1.41. The molecule has 0 unspecified atom stereocenters. The number of benzene rings is 1. The van der Waals surface area contributed by atoms with Crippen molar-refractivity contribution < 1.29 is 27.1 Å². The van der Waals surface area contributed by atoms with E-state index in [-0.39, 0.29) is 10.0 Å². The monoisotopic (exact) mass is 371 g/mol. The Labute approximate surface area is 127 Å². The fourth-order valence-electron chi connectivity index (χ4n) is 1.53. The lowest BCUT2D eigenvalue weighted by atomic mass is 10.1. The van der Waals surface area contributed by atoms with E-state index in [1.54, 1.807) is 20.8 Å². The van der Waals surface area contributed by atoms with E-state index < -0.39 is 35.8 Å². The first-order valence-electron chi connectivity index (χ1n) is 5.93. The maximum absolute atomic E-state index is 13.6. The lowest BCUT2D eigenvalue weighted by molar-refractivity contribution is -0.140. The largest absolute Gasteiger partial charge is 0.444 e. The Morgan fingerprint density at radius 1 is 1.29 bits per heavy atom. The molecule has 0 aliphatic heterocycles. The number of hydrogen-bond acceptors (Lipinski definition) is 2. The van der Waals surface area contributed by atoms with E-state index in [9.17, 15) is 22.4 Å². The van der Waals surface area contributed by atoms with E-state index in [0.717, 1.165) is 12.1 Å². The van der Waals surface area contributed by atoms with Gasteiger partial charge in [0.1, 0.15) is 11.4 Å². The standard InChI is InChI=1S/C13H14BrF4NO2/c1-12(2,3)21-11(20)19-6-7-4-5-8(14)10(15)9(7)13(16,17)18/h4-5H,6H2,1-3H3,(H,19,20). The smallest absolute Gasteiger partial charge is 0.419 e. The number of halogens is 5. The molecule has 1 N–H and O–H groups in total. The molecule has 0 atom stereocenters. The van der Waals surface area contributed by atoms with Gasteiger partial charge < -0.3 is 10.1 Å².